The van der Waals surface area contributed by atoms with Crippen molar-refractivity contribution in [3.05, 3.63) is 0 Å². The fraction of sp³-hybridized carbons (Fsp3) is 0.750. The van der Waals surface area contributed by atoms with Crippen LogP contribution in [-0.2, 0) is 14.4 Å². The lowest BCUT2D eigenvalue weighted by molar-refractivity contribution is -0.140. The van der Waals surface area contributed by atoms with Gasteiger partial charge in [0.25, 0.3) is 0 Å². The molecule has 104 valence electrons. The number of unbranched alkanes of at least 4 members (excludes halogenated alkanes) is 1. The Morgan fingerprint density at radius 1 is 1.22 bits per heavy atom. The van der Waals surface area contributed by atoms with Gasteiger partial charge in [-0.1, -0.05) is 0 Å². The summed E-state index contributed by atoms with van der Waals surface area (Å²) in [5.74, 6) is -1.47. The summed E-state index contributed by atoms with van der Waals surface area (Å²) in [6, 6.07) is -0.0836. The van der Waals surface area contributed by atoms with Crippen LogP contribution >= 0.6 is 0 Å². The molecule has 6 nitrogen and oxygen atoms in total. The molecule has 0 saturated carbocycles. The van der Waals surface area contributed by atoms with Gasteiger partial charge >= 0.3 is 5.97 Å². The smallest absolute Gasteiger partial charge is 0.312 e. The quantitative estimate of drug-likeness (QED) is 0.458. The minimum atomic E-state index is -1.13. The van der Waals surface area contributed by atoms with E-state index in [1.807, 2.05) is 19.0 Å². The van der Waals surface area contributed by atoms with E-state index in [4.69, 9.17) is 5.11 Å². The summed E-state index contributed by atoms with van der Waals surface area (Å²) in [7, 11) is 3.72. The largest absolute Gasteiger partial charge is 0.481 e. The van der Waals surface area contributed by atoms with Crippen LogP contribution in [-0.4, -0.2) is 54.3 Å². The number of carbonyl (C=O) groups excluding carboxylic acids is 2. The van der Waals surface area contributed by atoms with E-state index in [0.29, 0.717) is 6.54 Å². The Labute approximate surface area is 107 Å². The Hall–Kier alpha value is -1.43. The zero-order valence-electron chi connectivity index (χ0n) is 11.2. The van der Waals surface area contributed by atoms with Crippen molar-refractivity contribution >= 4 is 17.7 Å². The lowest BCUT2D eigenvalue weighted by Gasteiger charge is -2.21. The second kappa shape index (κ2) is 8.63. The van der Waals surface area contributed by atoms with Crippen molar-refractivity contribution in [1.29, 1.82) is 0 Å². The first-order chi connectivity index (χ1) is 8.34. The maximum Gasteiger partial charge on any atom is 0.312 e. The highest BCUT2D eigenvalue weighted by Crippen LogP contribution is 2.06. The van der Waals surface area contributed by atoms with Gasteiger partial charge in [0, 0.05) is 6.54 Å². The second-order valence-electron chi connectivity index (χ2n) is 4.51. The van der Waals surface area contributed by atoms with Crippen LogP contribution in [0.5, 0.6) is 0 Å². The lowest BCUT2D eigenvalue weighted by Crippen LogP contribution is -2.34. The van der Waals surface area contributed by atoms with Gasteiger partial charge in [-0.05, 0) is 40.3 Å². The van der Waals surface area contributed by atoms with Gasteiger partial charge in [0.05, 0.1) is 6.04 Å². The third-order valence-electron chi connectivity index (χ3n) is 2.63. The van der Waals surface area contributed by atoms with E-state index in [-0.39, 0.29) is 11.8 Å². The summed E-state index contributed by atoms with van der Waals surface area (Å²) >= 11 is 0. The first kappa shape index (κ1) is 16.6. The molecular weight excluding hydrogens is 236 g/mol. The number of nitrogens with one attached hydrogen (secondary N) is 1. The van der Waals surface area contributed by atoms with Crippen molar-refractivity contribution in [2.24, 2.45) is 0 Å². The SMILES string of the molecule is CC(=O)[C@H](CCCCNC(=O)CC(=O)O)N(C)C. The van der Waals surface area contributed by atoms with Crippen molar-refractivity contribution < 1.29 is 19.5 Å². The Kier molecular flexibility index (Phi) is 7.94. The predicted octanol–water partition coefficient (Wildman–Crippen LogP) is 0.267. The standard InChI is InChI=1S/C12H22N2O4/c1-9(15)10(14(2)3)6-4-5-7-13-11(16)8-12(17)18/h10H,4-8H2,1-3H3,(H,13,16)(H,17,18)/t10-/m0/s1. The van der Waals surface area contributed by atoms with Gasteiger partial charge in [0.15, 0.2) is 0 Å². The van der Waals surface area contributed by atoms with Crippen LogP contribution in [0.1, 0.15) is 32.6 Å². The molecule has 0 bridgehead atoms. The number of nitrogens with zero attached hydrogens (tertiary/aromatic N) is 1. The van der Waals surface area contributed by atoms with Crippen LogP contribution < -0.4 is 5.32 Å². The van der Waals surface area contributed by atoms with Crippen LogP contribution in [0, 0.1) is 0 Å². The van der Waals surface area contributed by atoms with Gasteiger partial charge in [-0.3, -0.25) is 19.3 Å². The first-order valence-corrected chi connectivity index (χ1v) is 6.00. The maximum absolute atomic E-state index is 11.3. The lowest BCUT2D eigenvalue weighted by atomic mass is 10.1. The zero-order valence-corrected chi connectivity index (χ0v) is 11.2. The molecule has 0 rings (SSSR count). The third kappa shape index (κ3) is 7.78. The van der Waals surface area contributed by atoms with E-state index in [1.54, 1.807) is 6.92 Å². The summed E-state index contributed by atoms with van der Waals surface area (Å²) in [4.78, 5) is 34.4. The van der Waals surface area contributed by atoms with Gasteiger partial charge in [-0.25, -0.2) is 0 Å². The van der Waals surface area contributed by atoms with Crippen molar-refractivity contribution in [3.63, 3.8) is 0 Å². The maximum atomic E-state index is 11.3. The monoisotopic (exact) mass is 258 g/mol. The number of carboxylic acid groups (broad SMARTS) is 1. The number of carboxylic acids is 1. The highest BCUT2D eigenvalue weighted by Gasteiger charge is 2.15. The second-order valence-corrected chi connectivity index (χ2v) is 4.51. The molecule has 0 saturated heterocycles. The molecule has 1 atom stereocenters. The van der Waals surface area contributed by atoms with Crippen molar-refractivity contribution in [3.8, 4) is 0 Å². The molecule has 0 fully saturated rings. The normalized spacial score (nSPS) is 12.2. The molecule has 0 aliphatic carbocycles. The van der Waals surface area contributed by atoms with Crippen LogP contribution in [0.4, 0.5) is 0 Å². The highest BCUT2D eigenvalue weighted by atomic mass is 16.4. The van der Waals surface area contributed by atoms with E-state index in [1.165, 1.54) is 0 Å². The zero-order chi connectivity index (χ0) is 14.1. The van der Waals surface area contributed by atoms with E-state index >= 15 is 0 Å². The molecule has 0 aliphatic heterocycles. The number of aliphatic carboxylic acids is 1. The number of amides is 1. The topological polar surface area (TPSA) is 86.7 Å². The summed E-state index contributed by atoms with van der Waals surface area (Å²) in [6.45, 7) is 2.02. The molecule has 0 aromatic heterocycles. The number of Topliss-reactive ketones (excluding diaryl/α,β-unsaturated/α-hetero) is 1. The van der Waals surface area contributed by atoms with Gasteiger partial charge in [-0.2, -0.15) is 0 Å². The van der Waals surface area contributed by atoms with Gasteiger partial charge < -0.3 is 10.4 Å². The van der Waals surface area contributed by atoms with Crippen LogP contribution in [0.15, 0.2) is 0 Å². The molecular formula is C12H22N2O4. The molecule has 0 unspecified atom stereocenters. The van der Waals surface area contributed by atoms with Crippen molar-refractivity contribution in [2.75, 3.05) is 20.6 Å². The summed E-state index contributed by atoms with van der Waals surface area (Å²) < 4.78 is 0. The molecule has 0 aliphatic rings. The van der Waals surface area contributed by atoms with Crippen molar-refractivity contribution in [1.82, 2.24) is 10.2 Å². The van der Waals surface area contributed by atoms with E-state index in [2.05, 4.69) is 5.32 Å². The average Bonchev–Trinajstić information content (AvgIpc) is 2.20. The number of likely N-dealkylation sites (N-methyl/N-ethyl adjacent to an activating group) is 1. The fourth-order valence-corrected chi connectivity index (χ4v) is 1.72. The van der Waals surface area contributed by atoms with E-state index in [9.17, 15) is 14.4 Å². The third-order valence-corrected chi connectivity index (χ3v) is 2.63. The molecule has 0 aromatic rings. The Balaban J connectivity index is 3.70. The number of hydrogen-bond donors (Lipinski definition) is 2. The van der Waals surface area contributed by atoms with Gasteiger partial charge in [0.2, 0.25) is 5.91 Å². The van der Waals surface area contributed by atoms with Crippen LogP contribution in [0.25, 0.3) is 0 Å². The van der Waals surface area contributed by atoms with E-state index < -0.39 is 18.3 Å². The average molecular weight is 258 g/mol. The highest BCUT2D eigenvalue weighted by molar-refractivity contribution is 5.93. The molecule has 1 amide bonds. The first-order valence-electron chi connectivity index (χ1n) is 6.00. The van der Waals surface area contributed by atoms with Gasteiger partial charge in [0.1, 0.15) is 12.2 Å². The molecule has 6 heteroatoms. The van der Waals surface area contributed by atoms with Crippen LogP contribution in [0.2, 0.25) is 0 Å². The Morgan fingerprint density at radius 3 is 2.28 bits per heavy atom. The summed E-state index contributed by atoms with van der Waals surface area (Å²) in [6.07, 6.45) is 1.81. The number of ketones is 1. The number of carbonyl (C=O) groups is 3. The molecule has 2 N–H and O–H groups in total. The minimum absolute atomic E-state index is 0.0836. The van der Waals surface area contributed by atoms with E-state index in [0.717, 1.165) is 19.3 Å². The predicted molar refractivity (Wildman–Crippen MR) is 67.3 cm³/mol. The van der Waals surface area contributed by atoms with Crippen LogP contribution in [0.3, 0.4) is 0 Å². The molecule has 0 heterocycles. The fourth-order valence-electron chi connectivity index (χ4n) is 1.72. The molecule has 18 heavy (non-hydrogen) atoms. The van der Waals surface area contributed by atoms with Gasteiger partial charge in [-0.15, -0.1) is 0 Å². The molecule has 0 radical (unpaired) electrons. The number of rotatable bonds is 9. The summed E-state index contributed by atoms with van der Waals surface area (Å²) in [5.41, 5.74) is 0. The minimum Gasteiger partial charge on any atom is -0.481 e. The van der Waals surface area contributed by atoms with Crippen molar-refractivity contribution in [2.45, 2.75) is 38.6 Å². The molecule has 0 aromatic carbocycles. The number of hydrogen-bond acceptors (Lipinski definition) is 4. The Morgan fingerprint density at radius 2 is 1.83 bits per heavy atom. The Bertz CT molecular complexity index is 302. The summed E-state index contributed by atoms with van der Waals surface area (Å²) in [5, 5.41) is 10.9. The molecule has 0 spiro atoms.